The minimum atomic E-state index is -0.219. The van der Waals surface area contributed by atoms with Crippen LogP contribution in [0, 0.1) is 11.7 Å². The van der Waals surface area contributed by atoms with Crippen LogP contribution in [0.5, 0.6) is 0 Å². The second-order valence-corrected chi connectivity index (χ2v) is 4.41. The summed E-state index contributed by atoms with van der Waals surface area (Å²) in [4.78, 5) is 2.06. The zero-order chi connectivity index (χ0) is 11.5. The van der Waals surface area contributed by atoms with E-state index in [0.717, 1.165) is 25.9 Å². The van der Waals surface area contributed by atoms with Crippen molar-refractivity contribution in [2.24, 2.45) is 5.92 Å². The highest BCUT2D eigenvalue weighted by atomic mass is 19.1. The van der Waals surface area contributed by atoms with Crippen molar-refractivity contribution in [2.75, 3.05) is 18.0 Å². The van der Waals surface area contributed by atoms with Gasteiger partial charge in [-0.25, -0.2) is 4.39 Å². The molecule has 1 saturated heterocycles. The molecule has 1 heterocycles. The molecule has 0 aliphatic carbocycles. The fourth-order valence-corrected chi connectivity index (χ4v) is 2.41. The second-order valence-electron chi connectivity index (χ2n) is 4.41. The quantitative estimate of drug-likeness (QED) is 0.851. The molecule has 0 spiro atoms. The average Bonchev–Trinajstić information content (AvgIpc) is 2.76. The van der Waals surface area contributed by atoms with Gasteiger partial charge in [0.15, 0.2) is 0 Å². The van der Waals surface area contributed by atoms with Gasteiger partial charge in [0.1, 0.15) is 5.82 Å². The van der Waals surface area contributed by atoms with Crippen LogP contribution in [0.2, 0.25) is 0 Å². The maximum absolute atomic E-state index is 13.8. The molecule has 16 heavy (non-hydrogen) atoms. The highest BCUT2D eigenvalue weighted by Gasteiger charge is 2.24. The van der Waals surface area contributed by atoms with E-state index in [4.69, 9.17) is 0 Å². The van der Waals surface area contributed by atoms with Crippen molar-refractivity contribution in [2.45, 2.75) is 26.4 Å². The van der Waals surface area contributed by atoms with Gasteiger partial charge < -0.3 is 10.0 Å². The summed E-state index contributed by atoms with van der Waals surface area (Å²) in [5, 5.41) is 9.23. The van der Waals surface area contributed by atoms with E-state index >= 15 is 0 Å². The number of nitrogens with zero attached hydrogens (tertiary/aromatic N) is 1. The molecule has 1 N–H and O–H groups in total. The molecule has 1 aliphatic rings. The summed E-state index contributed by atoms with van der Waals surface area (Å²) in [5.74, 6) is 0.439. The normalized spacial score (nSPS) is 20.4. The van der Waals surface area contributed by atoms with Crippen LogP contribution >= 0.6 is 0 Å². The Morgan fingerprint density at radius 2 is 2.31 bits per heavy atom. The van der Waals surface area contributed by atoms with Gasteiger partial charge in [-0.3, -0.25) is 0 Å². The summed E-state index contributed by atoms with van der Waals surface area (Å²) >= 11 is 0. The Hall–Kier alpha value is -1.09. The summed E-state index contributed by atoms with van der Waals surface area (Å²) in [7, 11) is 0. The van der Waals surface area contributed by atoms with Crippen molar-refractivity contribution in [3.05, 3.63) is 29.6 Å². The molecule has 0 aromatic heterocycles. The van der Waals surface area contributed by atoms with Crippen molar-refractivity contribution in [3.8, 4) is 0 Å². The molecule has 1 fully saturated rings. The molecule has 1 aliphatic heterocycles. The second kappa shape index (κ2) is 4.83. The van der Waals surface area contributed by atoms with Crippen LogP contribution in [-0.4, -0.2) is 18.2 Å². The number of hydrogen-bond acceptors (Lipinski definition) is 2. The van der Waals surface area contributed by atoms with Gasteiger partial charge in [-0.15, -0.1) is 0 Å². The molecule has 2 nitrogen and oxygen atoms in total. The highest BCUT2D eigenvalue weighted by molar-refractivity contribution is 5.55. The van der Waals surface area contributed by atoms with Crippen LogP contribution in [0.1, 0.15) is 25.3 Å². The van der Waals surface area contributed by atoms with Gasteiger partial charge in [0.2, 0.25) is 0 Å². The number of para-hydroxylation sites is 1. The Labute approximate surface area is 95.7 Å². The molecule has 1 aromatic rings. The monoisotopic (exact) mass is 223 g/mol. The van der Waals surface area contributed by atoms with Crippen LogP contribution in [-0.2, 0) is 6.61 Å². The zero-order valence-corrected chi connectivity index (χ0v) is 9.62. The van der Waals surface area contributed by atoms with Crippen molar-refractivity contribution in [3.63, 3.8) is 0 Å². The zero-order valence-electron chi connectivity index (χ0n) is 9.62. The first-order valence-corrected chi connectivity index (χ1v) is 5.89. The lowest BCUT2D eigenvalue weighted by molar-refractivity contribution is 0.281. The highest BCUT2D eigenvalue weighted by Crippen LogP contribution is 2.30. The number of aliphatic hydroxyl groups is 1. The molecule has 0 bridgehead atoms. The van der Waals surface area contributed by atoms with Gasteiger partial charge in [0.05, 0.1) is 12.3 Å². The molecule has 3 heteroatoms. The van der Waals surface area contributed by atoms with Crippen molar-refractivity contribution in [1.82, 2.24) is 0 Å². The summed E-state index contributed by atoms with van der Waals surface area (Å²) in [6.45, 7) is 3.87. The van der Waals surface area contributed by atoms with Crippen molar-refractivity contribution < 1.29 is 9.50 Å². The minimum Gasteiger partial charge on any atom is -0.392 e. The maximum Gasteiger partial charge on any atom is 0.146 e. The molecular formula is C13H18FNO. The maximum atomic E-state index is 13.8. The van der Waals surface area contributed by atoms with E-state index in [1.54, 1.807) is 12.1 Å². The third kappa shape index (κ3) is 2.05. The van der Waals surface area contributed by atoms with Gasteiger partial charge >= 0.3 is 0 Å². The first kappa shape index (κ1) is 11.4. The summed E-state index contributed by atoms with van der Waals surface area (Å²) in [6, 6.07) is 4.91. The molecule has 1 atom stereocenters. The average molecular weight is 223 g/mol. The van der Waals surface area contributed by atoms with Crippen LogP contribution < -0.4 is 4.90 Å². The van der Waals surface area contributed by atoms with Crippen molar-refractivity contribution >= 4 is 5.69 Å². The van der Waals surface area contributed by atoms with Crippen LogP contribution in [0.4, 0.5) is 10.1 Å². The molecule has 0 saturated carbocycles. The smallest absolute Gasteiger partial charge is 0.146 e. The molecule has 0 amide bonds. The van der Waals surface area contributed by atoms with Gasteiger partial charge in [0.25, 0.3) is 0 Å². The number of rotatable bonds is 3. The van der Waals surface area contributed by atoms with E-state index in [1.807, 2.05) is 0 Å². The fraction of sp³-hybridized carbons (Fsp3) is 0.538. The van der Waals surface area contributed by atoms with E-state index in [1.165, 1.54) is 6.07 Å². The van der Waals surface area contributed by atoms with Crippen molar-refractivity contribution in [1.29, 1.82) is 0 Å². The third-order valence-corrected chi connectivity index (χ3v) is 3.42. The van der Waals surface area contributed by atoms with Crippen LogP contribution in [0.15, 0.2) is 18.2 Å². The molecule has 0 radical (unpaired) electrons. The van der Waals surface area contributed by atoms with E-state index < -0.39 is 0 Å². The lowest BCUT2D eigenvalue weighted by Crippen LogP contribution is -2.22. The Morgan fingerprint density at radius 3 is 2.94 bits per heavy atom. The Balaban J connectivity index is 2.26. The minimum absolute atomic E-state index is 0.0968. The van der Waals surface area contributed by atoms with Crippen LogP contribution in [0.3, 0.4) is 0 Å². The fourth-order valence-electron chi connectivity index (χ4n) is 2.41. The first-order chi connectivity index (χ1) is 7.76. The topological polar surface area (TPSA) is 23.5 Å². The number of hydrogen-bond donors (Lipinski definition) is 1. The predicted octanol–water partition coefficient (Wildman–Crippen LogP) is 2.55. The van der Waals surface area contributed by atoms with E-state index in [2.05, 4.69) is 11.8 Å². The third-order valence-electron chi connectivity index (χ3n) is 3.42. The van der Waals surface area contributed by atoms with E-state index in [9.17, 15) is 9.50 Å². The molecule has 1 unspecified atom stereocenters. The SMILES string of the molecule is CCC1CCN(c2c(F)cccc2CO)C1. The largest absolute Gasteiger partial charge is 0.392 e. The van der Waals surface area contributed by atoms with E-state index in [-0.39, 0.29) is 12.4 Å². The molecular weight excluding hydrogens is 205 g/mol. The summed E-state index contributed by atoms with van der Waals surface area (Å²) in [5.41, 5.74) is 1.29. The number of aliphatic hydroxyl groups excluding tert-OH is 1. The number of benzene rings is 1. The van der Waals surface area contributed by atoms with Gasteiger partial charge in [-0.2, -0.15) is 0 Å². The predicted molar refractivity (Wildman–Crippen MR) is 62.9 cm³/mol. The summed E-state index contributed by atoms with van der Waals surface area (Å²) < 4.78 is 13.8. The first-order valence-electron chi connectivity index (χ1n) is 5.89. The van der Waals surface area contributed by atoms with Crippen LogP contribution in [0.25, 0.3) is 0 Å². The summed E-state index contributed by atoms with van der Waals surface area (Å²) in [6.07, 6.45) is 2.26. The lowest BCUT2D eigenvalue weighted by atomic mass is 10.1. The Bertz CT molecular complexity index is 367. The lowest BCUT2D eigenvalue weighted by Gasteiger charge is -2.22. The molecule has 88 valence electrons. The Kier molecular flexibility index (Phi) is 3.44. The van der Waals surface area contributed by atoms with E-state index in [0.29, 0.717) is 17.2 Å². The standard InChI is InChI=1S/C13H18FNO/c1-2-10-6-7-15(8-10)13-11(9-16)4-3-5-12(13)14/h3-5,10,16H,2,6-9H2,1H3. The number of halogens is 1. The van der Waals surface area contributed by atoms with Gasteiger partial charge in [-0.1, -0.05) is 25.5 Å². The Morgan fingerprint density at radius 1 is 1.50 bits per heavy atom. The molecule has 2 rings (SSSR count). The molecule has 1 aromatic carbocycles. The van der Waals surface area contributed by atoms with Gasteiger partial charge in [-0.05, 0) is 18.4 Å². The van der Waals surface area contributed by atoms with Gasteiger partial charge in [0, 0.05) is 18.7 Å². The number of anilines is 1.